The van der Waals surface area contributed by atoms with E-state index in [1.165, 1.54) is 0 Å². The summed E-state index contributed by atoms with van der Waals surface area (Å²) < 4.78 is 8.95. The lowest BCUT2D eigenvalue weighted by molar-refractivity contribution is -0.134. The average Bonchev–Trinajstić information content (AvgIpc) is 3.44. The van der Waals surface area contributed by atoms with Crippen LogP contribution in [0.5, 0.6) is 0 Å². The van der Waals surface area contributed by atoms with Crippen molar-refractivity contribution in [3.8, 4) is 0 Å². The molecule has 0 bridgehead atoms. The maximum atomic E-state index is 13.5. The number of nitrogens with zero attached hydrogens (tertiary/aromatic N) is 2. The number of ether oxygens (including phenoxy) is 1. The molecule has 1 saturated heterocycles. The minimum Gasteiger partial charge on any atom is -0.376 e. The van der Waals surface area contributed by atoms with Gasteiger partial charge in [0.2, 0.25) is 5.91 Å². The average molecular weight is 402 g/mol. The van der Waals surface area contributed by atoms with Gasteiger partial charge in [-0.15, -0.1) is 11.3 Å². The molecule has 2 aromatic rings. The Kier molecular flexibility index (Phi) is 4.47. The third-order valence-electron chi connectivity index (χ3n) is 6.64. The number of carbonyl (C=O) groups excluding carboxylic acids is 2. The third-order valence-corrected chi connectivity index (χ3v) is 7.49. The van der Waals surface area contributed by atoms with Crippen molar-refractivity contribution in [3.05, 3.63) is 23.2 Å². The molecule has 1 N–H and O–H groups in total. The van der Waals surface area contributed by atoms with Gasteiger partial charge in [0.1, 0.15) is 11.2 Å². The van der Waals surface area contributed by atoms with Gasteiger partial charge in [-0.2, -0.15) is 0 Å². The molecule has 2 unspecified atom stereocenters. The SMILES string of the molecule is CC1(C(=O)NC2CCCC2)Cn2c(cc3sccc32)C(=O)N1CC1CCCO1. The molecule has 4 heterocycles. The van der Waals surface area contributed by atoms with Crippen molar-refractivity contribution in [2.75, 3.05) is 13.2 Å². The molecule has 7 heteroatoms. The van der Waals surface area contributed by atoms with Crippen molar-refractivity contribution in [3.63, 3.8) is 0 Å². The Morgan fingerprint density at radius 3 is 2.89 bits per heavy atom. The van der Waals surface area contributed by atoms with Gasteiger partial charge in [0.15, 0.2) is 0 Å². The van der Waals surface area contributed by atoms with Crippen LogP contribution in [0.25, 0.3) is 10.2 Å². The van der Waals surface area contributed by atoms with E-state index in [0.717, 1.165) is 55.3 Å². The number of carbonyl (C=O) groups is 2. The highest BCUT2D eigenvalue weighted by molar-refractivity contribution is 7.17. The fourth-order valence-corrected chi connectivity index (χ4v) is 5.78. The lowest BCUT2D eigenvalue weighted by Gasteiger charge is -2.45. The van der Waals surface area contributed by atoms with Crippen LogP contribution in [0, 0.1) is 0 Å². The first kappa shape index (κ1) is 18.2. The van der Waals surface area contributed by atoms with E-state index in [9.17, 15) is 9.59 Å². The van der Waals surface area contributed by atoms with Gasteiger partial charge in [-0.1, -0.05) is 12.8 Å². The second-order valence-corrected chi connectivity index (χ2v) is 9.51. The summed E-state index contributed by atoms with van der Waals surface area (Å²) in [4.78, 5) is 28.7. The first-order valence-corrected chi connectivity index (χ1v) is 11.3. The summed E-state index contributed by atoms with van der Waals surface area (Å²) in [5.41, 5.74) is 0.822. The van der Waals surface area contributed by atoms with Gasteiger partial charge in [0.05, 0.1) is 22.9 Å². The molecule has 2 fully saturated rings. The number of rotatable bonds is 4. The molecule has 2 amide bonds. The van der Waals surface area contributed by atoms with Gasteiger partial charge >= 0.3 is 0 Å². The zero-order chi connectivity index (χ0) is 19.3. The summed E-state index contributed by atoms with van der Waals surface area (Å²) in [5.74, 6) is -0.0947. The van der Waals surface area contributed by atoms with Crippen LogP contribution in [-0.4, -0.2) is 52.1 Å². The third kappa shape index (κ3) is 2.87. The Morgan fingerprint density at radius 2 is 2.14 bits per heavy atom. The molecule has 0 aromatic carbocycles. The summed E-state index contributed by atoms with van der Waals surface area (Å²) in [6.45, 7) is 3.63. The van der Waals surface area contributed by atoms with Crippen molar-refractivity contribution >= 4 is 33.4 Å². The smallest absolute Gasteiger partial charge is 0.271 e. The van der Waals surface area contributed by atoms with Gasteiger partial charge in [0, 0.05) is 19.2 Å². The number of hydrogen-bond acceptors (Lipinski definition) is 4. The number of aromatic nitrogens is 1. The van der Waals surface area contributed by atoms with Crippen LogP contribution in [0.15, 0.2) is 17.5 Å². The van der Waals surface area contributed by atoms with E-state index in [1.54, 1.807) is 16.2 Å². The summed E-state index contributed by atoms with van der Waals surface area (Å²) in [6, 6.07) is 4.25. The van der Waals surface area contributed by atoms with Crippen molar-refractivity contribution in [1.29, 1.82) is 0 Å². The van der Waals surface area contributed by atoms with Gasteiger partial charge in [0.25, 0.3) is 5.91 Å². The highest BCUT2D eigenvalue weighted by Gasteiger charge is 2.49. The molecule has 3 aliphatic rings. The first-order chi connectivity index (χ1) is 13.6. The largest absolute Gasteiger partial charge is 0.376 e. The zero-order valence-corrected chi connectivity index (χ0v) is 17.1. The van der Waals surface area contributed by atoms with Crippen LogP contribution in [0.3, 0.4) is 0 Å². The lowest BCUT2D eigenvalue weighted by atomic mass is 9.93. The first-order valence-electron chi connectivity index (χ1n) is 10.4. The maximum Gasteiger partial charge on any atom is 0.271 e. The summed E-state index contributed by atoms with van der Waals surface area (Å²) in [5, 5.41) is 5.28. The number of amides is 2. The molecular weight excluding hydrogens is 374 g/mol. The molecule has 2 atom stereocenters. The molecule has 6 nitrogen and oxygen atoms in total. The molecule has 0 spiro atoms. The van der Waals surface area contributed by atoms with Gasteiger partial charge in [-0.05, 0) is 50.1 Å². The maximum absolute atomic E-state index is 13.5. The Bertz CT molecular complexity index is 907. The molecular formula is C21H27N3O3S. The molecule has 2 aliphatic heterocycles. The number of thiophene rings is 1. The highest BCUT2D eigenvalue weighted by atomic mass is 32.1. The standard InChI is InChI=1S/C21H27N3O3S/c1-21(20(26)22-14-5-2-3-6-14)13-23-16-8-10-28-18(16)11-17(23)19(25)24(21)12-15-7-4-9-27-15/h8,10-11,14-15H,2-7,9,12-13H2,1H3,(H,22,26). The van der Waals surface area contributed by atoms with E-state index in [1.807, 2.05) is 29.0 Å². The second kappa shape index (κ2) is 6.88. The van der Waals surface area contributed by atoms with Crippen molar-refractivity contribution in [2.24, 2.45) is 0 Å². The van der Waals surface area contributed by atoms with Gasteiger partial charge in [-0.25, -0.2) is 0 Å². The topological polar surface area (TPSA) is 63.6 Å². The minimum atomic E-state index is -0.910. The van der Waals surface area contributed by atoms with Crippen molar-refractivity contribution < 1.29 is 14.3 Å². The Labute approximate surface area is 168 Å². The van der Waals surface area contributed by atoms with Crippen LogP contribution in [0.1, 0.15) is 55.9 Å². The number of hydrogen-bond donors (Lipinski definition) is 1. The summed E-state index contributed by atoms with van der Waals surface area (Å²) in [6.07, 6.45) is 6.37. The minimum absolute atomic E-state index is 0.0187. The predicted molar refractivity (Wildman–Crippen MR) is 109 cm³/mol. The van der Waals surface area contributed by atoms with Crippen LogP contribution in [-0.2, 0) is 16.1 Å². The van der Waals surface area contributed by atoms with Crippen LogP contribution in [0.4, 0.5) is 0 Å². The Balaban J connectivity index is 1.51. The Morgan fingerprint density at radius 1 is 1.32 bits per heavy atom. The Hall–Kier alpha value is -1.86. The molecule has 0 radical (unpaired) electrons. The summed E-state index contributed by atoms with van der Waals surface area (Å²) in [7, 11) is 0. The van der Waals surface area contributed by atoms with Crippen LogP contribution in [0.2, 0.25) is 0 Å². The monoisotopic (exact) mass is 401 g/mol. The number of fused-ring (bicyclic) bond motifs is 3. The van der Waals surface area contributed by atoms with E-state index >= 15 is 0 Å². The molecule has 1 saturated carbocycles. The fraction of sp³-hybridized carbons (Fsp3) is 0.619. The normalized spacial score (nSPS) is 28.2. The van der Waals surface area contributed by atoms with Crippen LogP contribution < -0.4 is 5.32 Å². The molecule has 1 aliphatic carbocycles. The van der Waals surface area contributed by atoms with Crippen LogP contribution >= 0.6 is 11.3 Å². The van der Waals surface area contributed by atoms with E-state index < -0.39 is 5.54 Å². The predicted octanol–water partition coefficient (Wildman–Crippen LogP) is 3.16. The molecule has 150 valence electrons. The molecule has 2 aromatic heterocycles. The van der Waals surface area contributed by atoms with E-state index in [0.29, 0.717) is 18.8 Å². The molecule has 28 heavy (non-hydrogen) atoms. The zero-order valence-electron chi connectivity index (χ0n) is 16.3. The van der Waals surface area contributed by atoms with E-state index in [2.05, 4.69) is 5.32 Å². The quantitative estimate of drug-likeness (QED) is 0.856. The van der Waals surface area contributed by atoms with Crippen molar-refractivity contribution in [1.82, 2.24) is 14.8 Å². The van der Waals surface area contributed by atoms with Gasteiger partial charge < -0.3 is 19.5 Å². The fourth-order valence-electron chi connectivity index (χ4n) is 4.96. The van der Waals surface area contributed by atoms with E-state index in [-0.39, 0.29) is 24.0 Å². The number of nitrogens with one attached hydrogen (secondary N) is 1. The van der Waals surface area contributed by atoms with E-state index in [4.69, 9.17) is 4.74 Å². The van der Waals surface area contributed by atoms with Gasteiger partial charge in [-0.3, -0.25) is 9.59 Å². The molecule has 5 rings (SSSR count). The second-order valence-electron chi connectivity index (χ2n) is 8.57. The highest BCUT2D eigenvalue weighted by Crippen LogP contribution is 2.35. The lowest BCUT2D eigenvalue weighted by Crippen LogP contribution is -2.65. The van der Waals surface area contributed by atoms with Crippen molar-refractivity contribution in [2.45, 2.75) is 69.7 Å². The summed E-state index contributed by atoms with van der Waals surface area (Å²) >= 11 is 1.63.